The number of nitrogens with one attached hydrogen (secondary N) is 3. The Morgan fingerprint density at radius 2 is 2.00 bits per heavy atom. The van der Waals surface area contributed by atoms with Crippen LogP contribution in [0, 0.1) is 0 Å². The molecule has 3 N–H and O–H groups in total. The standard InChI is InChI=1S/C22H28N4O5S2/c1-4-15-20(28)24-13(2)22(30)31-14(7-5-6-10-32)11-19(27)23-12-17-18(33-3)9-8-16(25-17)21(29)26-15/h4-5,7-9,13-14,32H,6,10-12H2,1-3H3,(H,23,27)(H,24,28)(H,26,29)/b7-5+,15-4-/t13-,14+/m0/s1. The van der Waals surface area contributed by atoms with Gasteiger partial charge in [0.2, 0.25) is 5.91 Å². The van der Waals surface area contributed by atoms with E-state index >= 15 is 0 Å². The average molecular weight is 493 g/mol. The molecule has 1 aliphatic rings. The van der Waals surface area contributed by atoms with Crippen LogP contribution in [-0.2, 0) is 25.7 Å². The van der Waals surface area contributed by atoms with Crippen molar-refractivity contribution in [3.8, 4) is 0 Å². The minimum atomic E-state index is -1.01. The Morgan fingerprint density at radius 1 is 1.24 bits per heavy atom. The van der Waals surface area contributed by atoms with Gasteiger partial charge in [-0.1, -0.05) is 12.2 Å². The zero-order valence-corrected chi connectivity index (χ0v) is 20.4. The van der Waals surface area contributed by atoms with E-state index < -0.39 is 29.9 Å². The van der Waals surface area contributed by atoms with Gasteiger partial charge in [-0.3, -0.25) is 14.4 Å². The first-order valence-electron chi connectivity index (χ1n) is 10.4. The Hall–Kier alpha value is -2.79. The summed E-state index contributed by atoms with van der Waals surface area (Å²) in [7, 11) is 0. The highest BCUT2D eigenvalue weighted by atomic mass is 32.2. The maximum absolute atomic E-state index is 12.7. The SMILES string of the molecule is C/C=C1\NC(=O)c2ccc(SC)c(n2)CNC(=O)C[C@@H](/C=C/CCS)OC(=O)[C@H](C)NC1=O. The lowest BCUT2D eigenvalue weighted by Crippen LogP contribution is -2.44. The summed E-state index contributed by atoms with van der Waals surface area (Å²) in [5.41, 5.74) is 0.578. The van der Waals surface area contributed by atoms with Crippen LogP contribution in [0.5, 0.6) is 0 Å². The van der Waals surface area contributed by atoms with Crippen molar-refractivity contribution in [3.63, 3.8) is 0 Å². The summed E-state index contributed by atoms with van der Waals surface area (Å²) in [5, 5.41) is 7.78. The molecule has 0 radical (unpaired) electrons. The summed E-state index contributed by atoms with van der Waals surface area (Å²) in [4.78, 5) is 55.5. The molecule has 0 fully saturated rings. The van der Waals surface area contributed by atoms with E-state index in [1.807, 2.05) is 6.26 Å². The molecule has 1 aromatic heterocycles. The van der Waals surface area contributed by atoms with Crippen LogP contribution in [-0.4, -0.2) is 52.8 Å². The van der Waals surface area contributed by atoms with E-state index in [1.54, 1.807) is 31.2 Å². The van der Waals surface area contributed by atoms with Gasteiger partial charge in [0.25, 0.3) is 11.8 Å². The number of cyclic esters (lactones) is 1. The van der Waals surface area contributed by atoms with Crippen molar-refractivity contribution in [1.82, 2.24) is 20.9 Å². The van der Waals surface area contributed by atoms with Gasteiger partial charge in [-0.15, -0.1) is 11.8 Å². The van der Waals surface area contributed by atoms with Gasteiger partial charge in [-0.2, -0.15) is 12.6 Å². The van der Waals surface area contributed by atoms with Crippen LogP contribution in [0.25, 0.3) is 0 Å². The molecule has 2 bridgehead atoms. The van der Waals surface area contributed by atoms with Gasteiger partial charge in [0.15, 0.2) is 0 Å². The Bertz CT molecular complexity index is 964. The van der Waals surface area contributed by atoms with Crippen molar-refractivity contribution in [2.24, 2.45) is 0 Å². The third-order valence-electron chi connectivity index (χ3n) is 4.62. The predicted octanol–water partition coefficient (Wildman–Crippen LogP) is 1.75. The summed E-state index contributed by atoms with van der Waals surface area (Å²) in [6.45, 7) is 3.14. The molecule has 3 amide bonds. The fourth-order valence-corrected chi connectivity index (χ4v) is 3.57. The first-order chi connectivity index (χ1) is 15.8. The first-order valence-corrected chi connectivity index (χ1v) is 12.2. The molecule has 2 heterocycles. The lowest BCUT2D eigenvalue weighted by molar-refractivity contribution is -0.151. The number of aromatic nitrogens is 1. The van der Waals surface area contributed by atoms with Crippen LogP contribution in [0.4, 0.5) is 0 Å². The van der Waals surface area contributed by atoms with Crippen molar-refractivity contribution in [2.75, 3.05) is 12.0 Å². The topological polar surface area (TPSA) is 126 Å². The van der Waals surface area contributed by atoms with Gasteiger partial charge >= 0.3 is 5.97 Å². The van der Waals surface area contributed by atoms with Gasteiger partial charge in [-0.25, -0.2) is 9.78 Å². The summed E-state index contributed by atoms with van der Waals surface area (Å²) < 4.78 is 5.45. The molecule has 178 valence electrons. The number of hydrogen-bond acceptors (Lipinski definition) is 8. The summed E-state index contributed by atoms with van der Waals surface area (Å²) in [5.74, 6) is -1.69. The largest absolute Gasteiger partial charge is 0.456 e. The van der Waals surface area contributed by atoms with Crippen molar-refractivity contribution in [1.29, 1.82) is 0 Å². The fraction of sp³-hybridized carbons (Fsp3) is 0.409. The minimum Gasteiger partial charge on any atom is -0.456 e. The highest BCUT2D eigenvalue weighted by Gasteiger charge is 2.25. The van der Waals surface area contributed by atoms with E-state index in [9.17, 15) is 19.2 Å². The molecular formula is C22H28N4O5S2. The third kappa shape index (κ3) is 7.93. The second-order valence-electron chi connectivity index (χ2n) is 7.09. The maximum Gasteiger partial charge on any atom is 0.328 e. The molecule has 1 aliphatic heterocycles. The van der Waals surface area contributed by atoms with E-state index in [2.05, 4.69) is 33.6 Å². The third-order valence-corrected chi connectivity index (χ3v) is 5.69. The van der Waals surface area contributed by atoms with Crippen molar-refractivity contribution in [3.05, 3.63) is 47.4 Å². The average Bonchev–Trinajstić information content (AvgIpc) is 2.80. The number of fused-ring (bicyclic) bond motifs is 2. The number of allylic oxidation sites excluding steroid dienone is 2. The number of thioether (sulfide) groups is 1. The van der Waals surface area contributed by atoms with Gasteiger partial charge in [0, 0.05) is 4.90 Å². The second kappa shape index (κ2) is 13.0. The van der Waals surface area contributed by atoms with Crippen LogP contribution in [0.1, 0.15) is 42.9 Å². The zero-order valence-electron chi connectivity index (χ0n) is 18.7. The number of amides is 3. The number of carbonyl (C=O) groups is 4. The molecule has 0 spiro atoms. The highest BCUT2D eigenvalue weighted by Crippen LogP contribution is 2.19. The van der Waals surface area contributed by atoms with E-state index in [0.29, 0.717) is 17.9 Å². The molecule has 11 heteroatoms. The van der Waals surface area contributed by atoms with Gasteiger partial charge in [-0.05, 0) is 50.5 Å². The number of esters is 1. The van der Waals surface area contributed by atoms with Crippen LogP contribution >= 0.6 is 24.4 Å². The summed E-state index contributed by atoms with van der Waals surface area (Å²) >= 11 is 5.57. The predicted molar refractivity (Wildman–Crippen MR) is 129 cm³/mol. The molecule has 0 aromatic carbocycles. The Morgan fingerprint density at radius 3 is 2.67 bits per heavy atom. The van der Waals surface area contributed by atoms with Crippen molar-refractivity contribution < 1.29 is 23.9 Å². The normalized spacial score (nSPS) is 22.0. The number of pyridine rings is 1. The van der Waals surface area contributed by atoms with Crippen molar-refractivity contribution >= 4 is 48.1 Å². The van der Waals surface area contributed by atoms with Gasteiger partial charge < -0.3 is 20.7 Å². The maximum atomic E-state index is 12.7. The second-order valence-corrected chi connectivity index (χ2v) is 8.39. The molecule has 0 saturated heterocycles. The molecule has 9 nitrogen and oxygen atoms in total. The monoisotopic (exact) mass is 492 g/mol. The van der Waals surface area contributed by atoms with Gasteiger partial charge in [0.05, 0.1) is 18.7 Å². The molecular weight excluding hydrogens is 464 g/mol. The Kier molecular flexibility index (Phi) is 10.5. The zero-order chi connectivity index (χ0) is 24.4. The van der Waals surface area contributed by atoms with Crippen LogP contribution in [0.2, 0.25) is 0 Å². The molecule has 0 unspecified atom stereocenters. The summed E-state index contributed by atoms with van der Waals surface area (Å²) in [6, 6.07) is 2.27. The van der Waals surface area contributed by atoms with Crippen LogP contribution in [0.3, 0.4) is 0 Å². The molecule has 2 atom stereocenters. The molecule has 0 aliphatic carbocycles. The van der Waals surface area contributed by atoms with Crippen molar-refractivity contribution in [2.45, 2.75) is 50.3 Å². The number of ether oxygens (including phenoxy) is 1. The van der Waals surface area contributed by atoms with Gasteiger partial charge in [0.1, 0.15) is 23.5 Å². The summed E-state index contributed by atoms with van der Waals surface area (Å²) in [6.07, 6.45) is 6.42. The van der Waals surface area contributed by atoms with E-state index in [4.69, 9.17) is 4.74 Å². The highest BCUT2D eigenvalue weighted by molar-refractivity contribution is 7.98. The number of carbonyl (C=O) groups excluding carboxylic acids is 4. The minimum absolute atomic E-state index is 0.0254. The number of hydrogen-bond donors (Lipinski definition) is 4. The van der Waals surface area contributed by atoms with Crippen LogP contribution < -0.4 is 16.0 Å². The number of nitrogens with zero attached hydrogens (tertiary/aromatic N) is 1. The Labute approximate surface area is 202 Å². The Balaban J connectivity index is 2.39. The lowest BCUT2D eigenvalue weighted by Gasteiger charge is -2.20. The van der Waals surface area contributed by atoms with E-state index in [1.165, 1.54) is 24.8 Å². The fourth-order valence-electron chi connectivity index (χ4n) is 2.87. The number of rotatable bonds is 4. The first kappa shape index (κ1) is 26.5. The molecule has 33 heavy (non-hydrogen) atoms. The lowest BCUT2D eigenvalue weighted by atomic mass is 10.2. The van der Waals surface area contributed by atoms with E-state index in [0.717, 1.165) is 4.90 Å². The quantitative estimate of drug-likeness (QED) is 0.166. The van der Waals surface area contributed by atoms with E-state index in [-0.39, 0.29) is 30.3 Å². The smallest absolute Gasteiger partial charge is 0.328 e. The van der Waals surface area contributed by atoms with Crippen LogP contribution in [0.15, 0.2) is 41.0 Å². The molecule has 0 saturated carbocycles. The molecule has 1 aromatic rings. The number of thiol groups is 1. The molecule has 2 rings (SSSR count).